The van der Waals surface area contributed by atoms with Gasteiger partial charge in [0.1, 0.15) is 0 Å². The zero-order valence-corrected chi connectivity index (χ0v) is 14.6. The molecule has 0 aromatic heterocycles. The van der Waals surface area contributed by atoms with E-state index >= 15 is 0 Å². The maximum Gasteiger partial charge on any atom is 0.311 e. The van der Waals surface area contributed by atoms with Gasteiger partial charge >= 0.3 is 5.97 Å². The topological polar surface area (TPSA) is 66.8 Å². The first-order valence-corrected chi connectivity index (χ1v) is 8.29. The lowest BCUT2D eigenvalue weighted by molar-refractivity contribution is -0.237. The molecule has 0 aliphatic heterocycles. The minimum absolute atomic E-state index is 0.115. The fourth-order valence-electron chi connectivity index (χ4n) is 2.81. The largest absolute Gasteiger partial charge is 0.481 e. The molecule has 128 valence electrons. The van der Waals surface area contributed by atoms with Gasteiger partial charge in [-0.3, -0.25) is 14.4 Å². The van der Waals surface area contributed by atoms with Crippen LogP contribution in [-0.2, 0) is 14.4 Å². The Morgan fingerprint density at radius 2 is 1.77 bits per heavy atom. The van der Waals surface area contributed by atoms with Crippen molar-refractivity contribution in [3.63, 3.8) is 0 Å². The molecule has 5 heteroatoms. The van der Waals surface area contributed by atoms with E-state index in [9.17, 15) is 14.7 Å². The second-order valence-corrected chi connectivity index (χ2v) is 7.86. The summed E-state index contributed by atoms with van der Waals surface area (Å²) in [5.74, 6) is -0.499. The van der Waals surface area contributed by atoms with E-state index in [1.807, 2.05) is 20.8 Å². The average Bonchev–Trinajstić information content (AvgIpc) is 2.83. The van der Waals surface area contributed by atoms with Crippen LogP contribution in [0.5, 0.6) is 0 Å². The van der Waals surface area contributed by atoms with Gasteiger partial charge in [0.05, 0.1) is 17.6 Å². The van der Waals surface area contributed by atoms with Gasteiger partial charge in [0.15, 0.2) is 0 Å². The summed E-state index contributed by atoms with van der Waals surface area (Å²) < 4.78 is 0. The molecular formula is C17H31NO4. The normalized spacial score (nSPS) is 17.7. The molecule has 0 saturated heterocycles. The Balaban J connectivity index is 2.85. The third-order valence-electron chi connectivity index (χ3n) is 4.06. The van der Waals surface area contributed by atoms with E-state index in [0.717, 1.165) is 19.3 Å². The summed E-state index contributed by atoms with van der Waals surface area (Å²) in [7, 11) is 0. The van der Waals surface area contributed by atoms with E-state index in [1.165, 1.54) is 5.06 Å². The summed E-state index contributed by atoms with van der Waals surface area (Å²) in [5, 5.41) is 10.9. The summed E-state index contributed by atoms with van der Waals surface area (Å²) in [5.41, 5.74) is -1.37. The van der Waals surface area contributed by atoms with Crippen LogP contribution in [0.3, 0.4) is 0 Å². The van der Waals surface area contributed by atoms with Gasteiger partial charge in [0.25, 0.3) is 0 Å². The van der Waals surface area contributed by atoms with Gasteiger partial charge in [-0.1, -0.05) is 26.7 Å². The number of nitrogens with zero attached hydrogens (tertiary/aromatic N) is 1. The standard InChI is InChI=1S/C17H31NO4/c1-13(2)8-9-14(19)18(22-16(3,4)5)12-17(15(20)21)10-6-7-11-17/h13H,6-12H2,1-5H3,(H,20,21). The van der Waals surface area contributed by atoms with E-state index in [4.69, 9.17) is 4.84 Å². The quantitative estimate of drug-likeness (QED) is 0.729. The molecule has 1 aliphatic carbocycles. The number of carbonyl (C=O) groups is 2. The molecule has 1 amide bonds. The molecule has 0 radical (unpaired) electrons. The average molecular weight is 313 g/mol. The SMILES string of the molecule is CC(C)CCC(=O)N(CC1(C(=O)O)CCCC1)OC(C)(C)C. The van der Waals surface area contributed by atoms with E-state index < -0.39 is 17.0 Å². The third kappa shape index (κ3) is 5.59. The summed E-state index contributed by atoms with van der Waals surface area (Å²) in [6, 6.07) is 0. The zero-order valence-electron chi connectivity index (χ0n) is 14.6. The number of amides is 1. The molecule has 0 atom stereocenters. The molecule has 22 heavy (non-hydrogen) atoms. The highest BCUT2D eigenvalue weighted by atomic mass is 16.7. The number of carbonyl (C=O) groups excluding carboxylic acids is 1. The summed E-state index contributed by atoms with van der Waals surface area (Å²) >= 11 is 0. The highest BCUT2D eigenvalue weighted by molar-refractivity contribution is 5.78. The van der Waals surface area contributed by atoms with Crippen molar-refractivity contribution in [3.8, 4) is 0 Å². The fraction of sp³-hybridized carbons (Fsp3) is 0.882. The molecule has 0 aromatic carbocycles. The van der Waals surface area contributed by atoms with Crippen LogP contribution in [0.25, 0.3) is 0 Å². The summed E-state index contributed by atoms with van der Waals surface area (Å²) in [6.45, 7) is 9.90. The molecule has 0 unspecified atom stereocenters. The van der Waals surface area contributed by atoms with Crippen LogP contribution in [0.4, 0.5) is 0 Å². The summed E-state index contributed by atoms with van der Waals surface area (Å²) in [4.78, 5) is 30.0. The number of carboxylic acids is 1. The van der Waals surface area contributed by atoms with Crippen molar-refractivity contribution >= 4 is 11.9 Å². The Kier molecular flexibility index (Phi) is 6.41. The van der Waals surface area contributed by atoms with Crippen LogP contribution in [0.2, 0.25) is 0 Å². The molecule has 0 aromatic rings. The molecular weight excluding hydrogens is 282 g/mol. The highest BCUT2D eigenvalue weighted by Gasteiger charge is 2.44. The second kappa shape index (κ2) is 7.44. The van der Waals surface area contributed by atoms with Gasteiger partial charge < -0.3 is 5.11 Å². The van der Waals surface area contributed by atoms with E-state index in [2.05, 4.69) is 13.8 Å². The predicted octanol–water partition coefficient (Wildman–Crippen LogP) is 3.63. The maximum absolute atomic E-state index is 12.5. The van der Waals surface area contributed by atoms with E-state index in [0.29, 0.717) is 25.2 Å². The van der Waals surface area contributed by atoms with Crippen molar-refractivity contribution < 1.29 is 19.5 Å². The van der Waals surface area contributed by atoms with Gasteiger partial charge in [0, 0.05) is 6.42 Å². The van der Waals surface area contributed by atoms with Crippen molar-refractivity contribution in [3.05, 3.63) is 0 Å². The fourth-order valence-corrected chi connectivity index (χ4v) is 2.81. The summed E-state index contributed by atoms with van der Waals surface area (Å²) in [6.07, 6.45) is 4.20. The Bertz CT molecular complexity index is 392. The molecule has 1 N–H and O–H groups in total. The van der Waals surface area contributed by atoms with Gasteiger partial charge in [0.2, 0.25) is 5.91 Å². The van der Waals surface area contributed by atoms with Gasteiger partial charge in [-0.05, 0) is 46.0 Å². The Labute approximate surface area is 134 Å². The van der Waals surface area contributed by atoms with Crippen molar-refractivity contribution in [2.24, 2.45) is 11.3 Å². The number of hydroxylamine groups is 2. The molecule has 0 spiro atoms. The maximum atomic E-state index is 12.5. The van der Waals surface area contributed by atoms with Crippen LogP contribution in [0.1, 0.15) is 73.1 Å². The smallest absolute Gasteiger partial charge is 0.311 e. The van der Waals surface area contributed by atoms with Crippen molar-refractivity contribution in [2.75, 3.05) is 6.54 Å². The van der Waals surface area contributed by atoms with E-state index in [-0.39, 0.29) is 12.5 Å². The third-order valence-corrected chi connectivity index (χ3v) is 4.06. The predicted molar refractivity (Wildman–Crippen MR) is 85.2 cm³/mol. The molecule has 1 aliphatic rings. The van der Waals surface area contributed by atoms with Crippen molar-refractivity contribution in [1.29, 1.82) is 0 Å². The lowest BCUT2D eigenvalue weighted by atomic mass is 9.86. The lowest BCUT2D eigenvalue weighted by Gasteiger charge is -2.35. The van der Waals surface area contributed by atoms with Gasteiger partial charge in [-0.2, -0.15) is 0 Å². The van der Waals surface area contributed by atoms with Crippen LogP contribution in [-0.4, -0.2) is 34.2 Å². The van der Waals surface area contributed by atoms with Crippen molar-refractivity contribution in [1.82, 2.24) is 5.06 Å². The molecule has 1 fully saturated rings. The minimum atomic E-state index is -0.848. The number of hydrogen-bond donors (Lipinski definition) is 1. The molecule has 5 nitrogen and oxygen atoms in total. The Hall–Kier alpha value is -1.10. The number of hydrogen-bond acceptors (Lipinski definition) is 3. The molecule has 0 bridgehead atoms. The Morgan fingerprint density at radius 3 is 2.18 bits per heavy atom. The Morgan fingerprint density at radius 1 is 1.23 bits per heavy atom. The second-order valence-electron chi connectivity index (χ2n) is 7.86. The van der Waals surface area contributed by atoms with Gasteiger partial charge in [-0.15, -0.1) is 0 Å². The minimum Gasteiger partial charge on any atom is -0.481 e. The zero-order chi connectivity index (χ0) is 17.0. The van der Waals surface area contributed by atoms with Crippen LogP contribution >= 0.6 is 0 Å². The number of rotatable bonds is 7. The molecule has 1 rings (SSSR count). The number of aliphatic carboxylic acids is 1. The number of carboxylic acid groups (broad SMARTS) is 1. The van der Waals surface area contributed by atoms with Crippen LogP contribution in [0, 0.1) is 11.3 Å². The van der Waals surface area contributed by atoms with Crippen LogP contribution < -0.4 is 0 Å². The first-order valence-electron chi connectivity index (χ1n) is 8.29. The van der Waals surface area contributed by atoms with E-state index in [1.54, 1.807) is 0 Å². The molecule has 1 saturated carbocycles. The van der Waals surface area contributed by atoms with Crippen LogP contribution in [0.15, 0.2) is 0 Å². The monoisotopic (exact) mass is 313 g/mol. The highest BCUT2D eigenvalue weighted by Crippen LogP contribution is 2.39. The first-order chi connectivity index (χ1) is 10.1. The van der Waals surface area contributed by atoms with Crippen molar-refractivity contribution in [2.45, 2.75) is 78.7 Å². The molecule has 0 heterocycles. The first kappa shape index (κ1) is 18.9. The van der Waals surface area contributed by atoms with Gasteiger partial charge in [-0.25, -0.2) is 5.06 Å². The lowest BCUT2D eigenvalue weighted by Crippen LogP contribution is -2.47.